The predicted molar refractivity (Wildman–Crippen MR) is 325 cm³/mol. The first-order valence-electron chi connectivity index (χ1n) is 34.2. The van der Waals surface area contributed by atoms with E-state index in [0.29, 0.717) is 17.4 Å². The first-order valence-corrected chi connectivity index (χ1v) is 34.2. The van der Waals surface area contributed by atoms with E-state index < -0.39 is 24.3 Å². The minimum absolute atomic E-state index is 0.153. The van der Waals surface area contributed by atoms with Crippen LogP contribution >= 0.6 is 0 Å². The zero-order valence-corrected chi connectivity index (χ0v) is 52.4. The van der Waals surface area contributed by atoms with Crippen molar-refractivity contribution in [1.82, 2.24) is 0 Å². The second kappa shape index (κ2) is 60.4. The van der Waals surface area contributed by atoms with Gasteiger partial charge in [0.15, 0.2) is 12.4 Å². The average molecular weight is 1090 g/mol. The molecule has 0 radical (unpaired) electrons. The number of carboxylic acids is 1. The molecule has 0 spiro atoms. The Bertz CT molecular complexity index is 1220. The summed E-state index contributed by atoms with van der Waals surface area (Å²) in [5, 5.41) is 11.8. The highest BCUT2D eigenvalue weighted by atomic mass is 16.7. The molecule has 2 unspecified atom stereocenters. The molecule has 0 aromatic rings. The molecule has 0 fully saturated rings. The van der Waals surface area contributed by atoms with Crippen molar-refractivity contribution < 1.29 is 42.9 Å². The lowest BCUT2D eigenvalue weighted by Crippen LogP contribution is -2.44. The number of hydrogen-bond donors (Lipinski definition) is 0. The second-order valence-corrected chi connectivity index (χ2v) is 24.8. The molecule has 0 bridgehead atoms. The third-order valence-electron chi connectivity index (χ3n) is 15.9. The number of aliphatic carboxylic acids is 1. The van der Waals surface area contributed by atoms with Crippen LogP contribution in [0.15, 0.2) is 0 Å². The monoisotopic (exact) mass is 1090 g/mol. The number of carbonyl (C=O) groups excluding carboxylic acids is 3. The normalized spacial score (nSPS) is 12.6. The highest BCUT2D eigenvalue weighted by Crippen LogP contribution is 2.19. The third-order valence-corrected chi connectivity index (χ3v) is 15.9. The molecule has 0 aromatic carbocycles. The van der Waals surface area contributed by atoms with Crippen molar-refractivity contribution in [3.05, 3.63) is 0 Å². The number of unbranched alkanes of at least 4 members (excludes halogenated alkanes) is 50. The van der Waals surface area contributed by atoms with Crippen LogP contribution in [0.1, 0.15) is 361 Å². The fraction of sp³-hybridized carbons (Fsp3) is 0.956. The summed E-state index contributed by atoms with van der Waals surface area (Å²) in [6, 6.07) is 0. The Labute approximate surface area is 479 Å². The molecular weight excluding hydrogens is 959 g/mol. The van der Waals surface area contributed by atoms with E-state index >= 15 is 0 Å². The summed E-state index contributed by atoms with van der Waals surface area (Å²) < 4.78 is 22.7. The first-order chi connectivity index (χ1) is 37.6. The lowest BCUT2D eigenvalue weighted by molar-refractivity contribution is -0.870. The number of likely N-dealkylation sites (N-methyl/N-ethyl adjacent to an activating group) is 1. The van der Waals surface area contributed by atoms with E-state index in [4.69, 9.17) is 18.9 Å². The number of rotatable bonds is 65. The summed E-state index contributed by atoms with van der Waals surface area (Å²) in [7, 11) is 5.94. The fourth-order valence-corrected chi connectivity index (χ4v) is 10.6. The van der Waals surface area contributed by atoms with Crippen LogP contribution in [0.2, 0.25) is 0 Å². The number of ether oxygens (including phenoxy) is 4. The summed E-state index contributed by atoms with van der Waals surface area (Å²) in [5.41, 5.74) is 0. The maximum Gasteiger partial charge on any atom is 0.306 e. The van der Waals surface area contributed by atoms with Crippen LogP contribution in [-0.4, -0.2) is 82.3 Å². The lowest BCUT2D eigenvalue weighted by Gasteiger charge is -2.26. The summed E-state index contributed by atoms with van der Waals surface area (Å²) in [6.07, 6.45) is 67.8. The van der Waals surface area contributed by atoms with E-state index in [1.165, 1.54) is 295 Å². The van der Waals surface area contributed by atoms with Crippen LogP contribution in [0, 0.1) is 0 Å². The molecule has 0 rings (SSSR count). The number of carboxylic acid groups (broad SMARTS) is 1. The second-order valence-electron chi connectivity index (χ2n) is 24.8. The van der Waals surface area contributed by atoms with Crippen molar-refractivity contribution in [2.45, 2.75) is 373 Å². The minimum Gasteiger partial charge on any atom is -0.545 e. The van der Waals surface area contributed by atoms with Crippen molar-refractivity contribution in [2.24, 2.45) is 0 Å². The lowest BCUT2D eigenvalue weighted by atomic mass is 10.0. The van der Waals surface area contributed by atoms with Crippen LogP contribution in [0.3, 0.4) is 0 Å². The molecule has 0 heterocycles. The quantitative estimate of drug-likeness (QED) is 0.0256. The molecule has 2 atom stereocenters. The van der Waals surface area contributed by atoms with Gasteiger partial charge >= 0.3 is 11.9 Å². The van der Waals surface area contributed by atoms with Crippen LogP contribution in [-0.2, 0) is 33.3 Å². The summed E-state index contributed by atoms with van der Waals surface area (Å²) in [4.78, 5) is 37.3. The molecule has 0 amide bonds. The highest BCUT2D eigenvalue weighted by molar-refractivity contribution is 5.70. The van der Waals surface area contributed by atoms with Crippen molar-refractivity contribution in [2.75, 3.05) is 47.5 Å². The molecule has 9 heteroatoms. The van der Waals surface area contributed by atoms with Gasteiger partial charge in [-0.05, 0) is 12.8 Å². The van der Waals surface area contributed by atoms with Crippen molar-refractivity contribution in [3.63, 3.8) is 0 Å². The molecule has 0 aliphatic carbocycles. The van der Waals surface area contributed by atoms with Crippen LogP contribution in [0.5, 0.6) is 0 Å². The Morgan fingerprint density at radius 2 is 0.584 bits per heavy atom. The van der Waals surface area contributed by atoms with Gasteiger partial charge in [0, 0.05) is 12.8 Å². The number of hydrogen-bond acceptors (Lipinski definition) is 8. The number of esters is 2. The van der Waals surface area contributed by atoms with E-state index in [2.05, 4.69) is 13.8 Å². The van der Waals surface area contributed by atoms with Crippen molar-refractivity contribution in [1.29, 1.82) is 0 Å². The molecule has 77 heavy (non-hydrogen) atoms. The van der Waals surface area contributed by atoms with E-state index in [1.807, 2.05) is 21.1 Å². The summed E-state index contributed by atoms with van der Waals surface area (Å²) in [6.45, 7) is 4.82. The largest absolute Gasteiger partial charge is 0.545 e. The Hall–Kier alpha value is -1.71. The van der Waals surface area contributed by atoms with Crippen molar-refractivity contribution >= 4 is 17.9 Å². The SMILES string of the molecule is CCCCCCCCCCCCCCCCCCCCCCCCCCCCCCCCCCCCCCCCC(=O)OC(COC(=O)CCCCCCCCCCCCCCCC)COC(OCC[N+](C)(C)C)C(=O)[O-]. The summed E-state index contributed by atoms with van der Waals surface area (Å²) in [5.74, 6) is -2.25. The average Bonchev–Trinajstić information content (AvgIpc) is 3.40. The highest BCUT2D eigenvalue weighted by Gasteiger charge is 2.22. The predicted octanol–water partition coefficient (Wildman–Crippen LogP) is 19.4. The van der Waals surface area contributed by atoms with Gasteiger partial charge in [-0.3, -0.25) is 9.59 Å². The Kier molecular flexibility index (Phi) is 59.0. The minimum atomic E-state index is -1.61. The van der Waals surface area contributed by atoms with Gasteiger partial charge in [0.05, 0.1) is 40.3 Å². The standard InChI is InChI=1S/C68H133NO8/c1-6-8-10-12-14-16-18-20-22-23-24-25-26-27-28-29-30-31-32-33-34-35-36-37-38-39-40-41-42-43-44-45-47-49-51-53-55-57-59-66(71)77-64(63-76-68(67(72)73)74-61-60-69(3,4)5)62-75-65(70)58-56-54-52-50-48-46-21-19-17-15-13-11-9-7-2/h64,68H,6-63H2,1-5H3. The molecular formula is C68H133NO8. The van der Waals surface area contributed by atoms with E-state index in [1.54, 1.807) is 0 Å². The van der Waals surface area contributed by atoms with E-state index in [9.17, 15) is 19.5 Å². The summed E-state index contributed by atoms with van der Waals surface area (Å²) >= 11 is 0. The molecule has 0 aliphatic rings. The van der Waals surface area contributed by atoms with Gasteiger partial charge in [-0.2, -0.15) is 0 Å². The first kappa shape index (κ1) is 75.3. The molecule has 458 valence electrons. The maximum atomic E-state index is 12.9. The van der Waals surface area contributed by atoms with Crippen LogP contribution in [0.25, 0.3) is 0 Å². The van der Waals surface area contributed by atoms with E-state index in [0.717, 1.165) is 38.5 Å². The topological polar surface area (TPSA) is 111 Å². The Balaban J connectivity index is 3.89. The van der Waals surface area contributed by atoms with Gasteiger partial charge in [-0.15, -0.1) is 0 Å². The number of quaternary nitrogens is 1. The van der Waals surface area contributed by atoms with Crippen molar-refractivity contribution in [3.8, 4) is 0 Å². The maximum absolute atomic E-state index is 12.9. The van der Waals surface area contributed by atoms with Gasteiger partial charge in [-0.25, -0.2) is 0 Å². The Morgan fingerprint density at radius 3 is 0.831 bits per heavy atom. The van der Waals surface area contributed by atoms with Gasteiger partial charge in [-0.1, -0.05) is 335 Å². The third kappa shape index (κ3) is 61.8. The molecule has 9 nitrogen and oxygen atoms in total. The molecule has 0 N–H and O–H groups in total. The van der Waals surface area contributed by atoms with Gasteiger partial charge < -0.3 is 33.3 Å². The van der Waals surface area contributed by atoms with Crippen LogP contribution < -0.4 is 5.11 Å². The molecule has 0 aromatic heterocycles. The molecule has 0 saturated carbocycles. The van der Waals surface area contributed by atoms with Gasteiger partial charge in [0.25, 0.3) is 0 Å². The zero-order valence-electron chi connectivity index (χ0n) is 52.4. The fourth-order valence-electron chi connectivity index (χ4n) is 10.6. The van der Waals surface area contributed by atoms with Crippen LogP contribution in [0.4, 0.5) is 0 Å². The molecule has 0 saturated heterocycles. The van der Waals surface area contributed by atoms with Gasteiger partial charge in [0.2, 0.25) is 0 Å². The zero-order chi connectivity index (χ0) is 56.2. The molecule has 0 aliphatic heterocycles. The number of carbonyl (C=O) groups is 3. The van der Waals surface area contributed by atoms with Gasteiger partial charge in [0.1, 0.15) is 13.2 Å². The smallest absolute Gasteiger partial charge is 0.306 e. The number of nitrogens with zero attached hydrogens (tertiary/aromatic N) is 1. The van der Waals surface area contributed by atoms with E-state index in [-0.39, 0.29) is 32.2 Å². The Morgan fingerprint density at radius 1 is 0.338 bits per heavy atom.